The minimum atomic E-state index is -0.368. The average molecular weight is 630 g/mol. The number of benzene rings is 3. The van der Waals surface area contributed by atoms with Crippen molar-refractivity contribution in [2.75, 3.05) is 22.6 Å². The average Bonchev–Trinajstić information content (AvgIpc) is 3.38. The summed E-state index contributed by atoms with van der Waals surface area (Å²) in [5, 5.41) is 10.2. The number of anilines is 3. The molecule has 0 fully saturated rings. The number of esters is 1. The lowest BCUT2D eigenvalue weighted by Gasteiger charge is -2.23. The molecular formula is C34H35N3O3S3. The number of carbonyl (C=O) groups is 2. The first kappa shape index (κ1) is 30.8. The fraction of sp³-hybridized carbons (Fsp3) is 0.265. The quantitative estimate of drug-likeness (QED) is 0.0922. The highest BCUT2D eigenvalue weighted by Crippen LogP contribution is 2.43. The molecule has 3 N–H and O–H groups in total. The molecule has 222 valence electrons. The molecule has 0 aliphatic heterocycles. The third kappa shape index (κ3) is 7.84. The predicted molar refractivity (Wildman–Crippen MR) is 183 cm³/mol. The lowest BCUT2D eigenvalue weighted by Crippen LogP contribution is -2.25. The van der Waals surface area contributed by atoms with Crippen LogP contribution in [0.2, 0.25) is 0 Å². The Balaban J connectivity index is 1.29. The van der Waals surface area contributed by atoms with E-state index in [0.29, 0.717) is 28.0 Å². The van der Waals surface area contributed by atoms with Gasteiger partial charge in [-0.05, 0) is 92.2 Å². The fourth-order valence-corrected chi connectivity index (χ4v) is 7.81. The van der Waals surface area contributed by atoms with Crippen LogP contribution in [0.25, 0.3) is 0 Å². The van der Waals surface area contributed by atoms with Crippen molar-refractivity contribution in [3.05, 3.63) is 106 Å². The van der Waals surface area contributed by atoms with Crippen molar-refractivity contribution in [3.63, 3.8) is 0 Å². The van der Waals surface area contributed by atoms with Crippen LogP contribution in [-0.2, 0) is 22.4 Å². The molecule has 9 heteroatoms. The lowest BCUT2D eigenvalue weighted by molar-refractivity contribution is -0.115. The molecule has 3 aromatic carbocycles. The number of amides is 1. The molecule has 0 saturated heterocycles. The first-order valence-corrected chi connectivity index (χ1v) is 16.6. The normalized spacial score (nSPS) is 14.7. The van der Waals surface area contributed by atoms with Crippen LogP contribution in [0.15, 0.2) is 89.8 Å². The van der Waals surface area contributed by atoms with E-state index in [1.807, 2.05) is 67.6 Å². The number of thioether (sulfide) groups is 1. The maximum atomic E-state index is 13.6. The highest BCUT2D eigenvalue weighted by Gasteiger charge is 2.32. The van der Waals surface area contributed by atoms with Crippen molar-refractivity contribution >= 4 is 68.7 Å². The molecule has 1 amide bonds. The number of hydrogen-bond acceptors (Lipinski definition) is 6. The molecule has 4 aromatic rings. The third-order valence-corrected chi connectivity index (χ3v) is 10.0. The molecule has 0 radical (unpaired) electrons. The van der Waals surface area contributed by atoms with Crippen LogP contribution in [0, 0.1) is 0 Å². The number of thiocarbonyl (C=S) groups is 1. The summed E-state index contributed by atoms with van der Waals surface area (Å²) in [5.74, 6) is -0.106. The molecule has 0 bridgehead atoms. The minimum absolute atomic E-state index is 0.129. The van der Waals surface area contributed by atoms with Crippen molar-refractivity contribution in [1.29, 1.82) is 0 Å². The highest BCUT2D eigenvalue weighted by molar-refractivity contribution is 8.00. The molecular weight excluding hydrogens is 595 g/mol. The van der Waals surface area contributed by atoms with Gasteiger partial charge in [0.1, 0.15) is 5.00 Å². The van der Waals surface area contributed by atoms with Crippen molar-refractivity contribution in [2.45, 2.75) is 55.6 Å². The van der Waals surface area contributed by atoms with Gasteiger partial charge in [-0.2, -0.15) is 0 Å². The van der Waals surface area contributed by atoms with E-state index in [1.165, 1.54) is 28.7 Å². The summed E-state index contributed by atoms with van der Waals surface area (Å²) in [4.78, 5) is 28.8. The standard InChI is InChI=1S/C34H35N3O3S3/c1-3-28(42-26-17-11-16-25(21-26)36-34(41)35-24-14-9-6-10-15-24)31(38)37-32-30(33(39)40-4-2)27-19-18-23(20-29(27)43-32)22-12-7-5-8-13-22/h5-17,21,23,28H,3-4,18-20H2,1-2H3,(H,37,38)(H2,35,36,41). The Labute approximate surface area is 266 Å². The zero-order chi connectivity index (χ0) is 30.2. The molecule has 0 saturated carbocycles. The van der Waals surface area contributed by atoms with Crippen LogP contribution in [0.5, 0.6) is 0 Å². The van der Waals surface area contributed by atoms with Crippen LogP contribution in [0.3, 0.4) is 0 Å². The second kappa shape index (κ2) is 14.7. The van der Waals surface area contributed by atoms with Gasteiger partial charge in [0, 0.05) is 21.1 Å². The topological polar surface area (TPSA) is 79.5 Å². The highest BCUT2D eigenvalue weighted by atomic mass is 32.2. The van der Waals surface area contributed by atoms with Crippen LogP contribution < -0.4 is 16.0 Å². The Hall–Kier alpha value is -3.66. The Morgan fingerprint density at radius 2 is 1.65 bits per heavy atom. The Morgan fingerprint density at radius 1 is 0.953 bits per heavy atom. The number of thiophene rings is 1. The first-order valence-electron chi connectivity index (χ1n) is 14.5. The van der Waals surface area contributed by atoms with E-state index in [9.17, 15) is 9.59 Å². The zero-order valence-corrected chi connectivity index (χ0v) is 26.7. The van der Waals surface area contributed by atoms with Gasteiger partial charge in [-0.15, -0.1) is 23.1 Å². The molecule has 1 aliphatic rings. The molecule has 1 heterocycles. The van der Waals surface area contributed by atoms with Crippen molar-refractivity contribution in [2.24, 2.45) is 0 Å². The van der Waals surface area contributed by atoms with Gasteiger partial charge in [-0.1, -0.05) is 61.5 Å². The number of fused-ring (bicyclic) bond motifs is 1. The molecule has 2 atom stereocenters. The smallest absolute Gasteiger partial charge is 0.341 e. The van der Waals surface area contributed by atoms with Crippen molar-refractivity contribution in [1.82, 2.24) is 0 Å². The number of ether oxygens (including phenoxy) is 1. The Morgan fingerprint density at radius 3 is 2.37 bits per heavy atom. The Kier molecular flexibility index (Phi) is 10.5. The van der Waals surface area contributed by atoms with Gasteiger partial charge in [-0.3, -0.25) is 4.79 Å². The van der Waals surface area contributed by atoms with Crippen LogP contribution >= 0.6 is 35.3 Å². The third-order valence-electron chi connectivity index (χ3n) is 7.32. The van der Waals surface area contributed by atoms with Gasteiger partial charge < -0.3 is 20.7 Å². The Bertz CT molecular complexity index is 1570. The maximum Gasteiger partial charge on any atom is 0.341 e. The summed E-state index contributed by atoms with van der Waals surface area (Å²) < 4.78 is 5.44. The molecule has 2 unspecified atom stereocenters. The lowest BCUT2D eigenvalue weighted by atomic mass is 9.83. The second-order valence-electron chi connectivity index (χ2n) is 10.3. The first-order chi connectivity index (χ1) is 20.9. The van der Waals surface area contributed by atoms with Crippen LogP contribution in [-0.4, -0.2) is 28.8 Å². The minimum Gasteiger partial charge on any atom is -0.462 e. The summed E-state index contributed by atoms with van der Waals surface area (Å²) >= 11 is 8.49. The second-order valence-corrected chi connectivity index (χ2v) is 13.0. The summed E-state index contributed by atoms with van der Waals surface area (Å²) in [7, 11) is 0. The van der Waals surface area contributed by atoms with Gasteiger partial charge in [0.2, 0.25) is 5.91 Å². The summed E-state index contributed by atoms with van der Waals surface area (Å²) in [5.41, 5.74) is 4.58. The number of rotatable bonds is 10. The molecule has 5 rings (SSSR count). The number of hydrogen-bond donors (Lipinski definition) is 3. The zero-order valence-electron chi connectivity index (χ0n) is 24.2. The van der Waals surface area contributed by atoms with Gasteiger partial charge in [0.05, 0.1) is 17.4 Å². The SMILES string of the molecule is CCOC(=O)c1c(NC(=O)C(CC)Sc2cccc(NC(=S)Nc3ccccc3)c2)sc2c1CCC(c1ccccc1)C2. The number of carbonyl (C=O) groups excluding carboxylic acids is 2. The van der Waals surface area contributed by atoms with E-state index >= 15 is 0 Å². The number of nitrogens with one attached hydrogen (secondary N) is 3. The van der Waals surface area contributed by atoms with Gasteiger partial charge >= 0.3 is 5.97 Å². The number of para-hydroxylation sites is 1. The van der Waals surface area contributed by atoms with Crippen LogP contribution in [0.4, 0.5) is 16.4 Å². The molecule has 1 aromatic heterocycles. The monoisotopic (exact) mass is 629 g/mol. The predicted octanol–water partition coefficient (Wildman–Crippen LogP) is 8.52. The van der Waals surface area contributed by atoms with Crippen LogP contribution in [0.1, 0.15) is 59.0 Å². The molecule has 0 spiro atoms. The van der Waals surface area contributed by atoms with E-state index in [-0.39, 0.29) is 23.7 Å². The van der Waals surface area contributed by atoms with E-state index in [4.69, 9.17) is 17.0 Å². The summed E-state index contributed by atoms with van der Waals surface area (Å²) in [6.45, 7) is 4.08. The fourth-order valence-electron chi connectivity index (χ4n) is 5.24. The van der Waals surface area contributed by atoms with Gasteiger partial charge in [0.15, 0.2) is 5.11 Å². The maximum absolute atomic E-state index is 13.6. The summed E-state index contributed by atoms with van der Waals surface area (Å²) in [6, 6.07) is 28.1. The van der Waals surface area contributed by atoms with E-state index < -0.39 is 0 Å². The molecule has 43 heavy (non-hydrogen) atoms. The van der Waals surface area contributed by atoms with Gasteiger partial charge in [0.25, 0.3) is 0 Å². The van der Waals surface area contributed by atoms with E-state index in [1.54, 1.807) is 6.92 Å². The van der Waals surface area contributed by atoms with E-state index in [2.05, 4.69) is 40.2 Å². The summed E-state index contributed by atoms with van der Waals surface area (Å²) in [6.07, 6.45) is 3.20. The molecule has 1 aliphatic carbocycles. The van der Waals surface area contributed by atoms with Crippen molar-refractivity contribution < 1.29 is 14.3 Å². The van der Waals surface area contributed by atoms with Crippen molar-refractivity contribution in [3.8, 4) is 0 Å². The van der Waals surface area contributed by atoms with E-state index in [0.717, 1.165) is 46.0 Å². The molecule has 6 nitrogen and oxygen atoms in total. The largest absolute Gasteiger partial charge is 0.462 e. The van der Waals surface area contributed by atoms with Gasteiger partial charge in [-0.25, -0.2) is 4.79 Å².